The molecule has 2 aliphatic rings. The van der Waals surface area contributed by atoms with Crippen LogP contribution >= 0.6 is 0 Å². The van der Waals surface area contributed by atoms with E-state index in [0.717, 1.165) is 12.8 Å². The van der Waals surface area contributed by atoms with E-state index < -0.39 is 22.5 Å². The maximum Gasteiger partial charge on any atom is 0.315 e. The Morgan fingerprint density at radius 3 is 2.55 bits per heavy atom. The zero-order valence-corrected chi connectivity index (χ0v) is 12.8. The van der Waals surface area contributed by atoms with Gasteiger partial charge in [-0.1, -0.05) is 26.8 Å². The molecule has 114 valence electrons. The van der Waals surface area contributed by atoms with E-state index in [1.807, 2.05) is 20.8 Å². The van der Waals surface area contributed by atoms with E-state index in [9.17, 15) is 15.0 Å². The minimum Gasteiger partial charge on any atom is -0.468 e. The first kappa shape index (κ1) is 15.5. The number of hydrogen-bond acceptors (Lipinski definition) is 4. The lowest BCUT2D eigenvalue weighted by atomic mass is 9.47. The topological polar surface area (TPSA) is 66.8 Å². The summed E-state index contributed by atoms with van der Waals surface area (Å²) in [5.74, 6) is -0.484. The van der Waals surface area contributed by atoms with E-state index in [1.54, 1.807) is 0 Å². The van der Waals surface area contributed by atoms with Gasteiger partial charge in [-0.05, 0) is 30.1 Å². The number of rotatable bonds is 2. The summed E-state index contributed by atoms with van der Waals surface area (Å²) in [4.78, 5) is 12.6. The van der Waals surface area contributed by atoms with Crippen LogP contribution in [-0.4, -0.2) is 35.0 Å². The number of carbonyl (C=O) groups excluding carboxylic acids is 1. The molecule has 0 heterocycles. The van der Waals surface area contributed by atoms with Gasteiger partial charge in [0, 0.05) is 6.42 Å². The summed E-state index contributed by atoms with van der Waals surface area (Å²) in [7, 11) is 1.37. The van der Waals surface area contributed by atoms with Crippen molar-refractivity contribution >= 4 is 5.97 Å². The fraction of sp³-hybridized carbons (Fsp3) is 0.812. The predicted molar refractivity (Wildman–Crippen MR) is 75.9 cm³/mol. The number of esters is 1. The van der Waals surface area contributed by atoms with Crippen molar-refractivity contribution in [3.63, 3.8) is 0 Å². The van der Waals surface area contributed by atoms with E-state index in [4.69, 9.17) is 4.74 Å². The van der Waals surface area contributed by atoms with Crippen LogP contribution in [0.2, 0.25) is 0 Å². The van der Waals surface area contributed by atoms with Crippen molar-refractivity contribution in [2.75, 3.05) is 7.11 Å². The van der Waals surface area contributed by atoms with Crippen molar-refractivity contribution in [3.8, 4) is 0 Å². The molecule has 2 aliphatic carbocycles. The minimum absolute atomic E-state index is 0.0340. The van der Waals surface area contributed by atoms with Crippen LogP contribution < -0.4 is 0 Å². The molecule has 0 radical (unpaired) electrons. The third kappa shape index (κ3) is 1.52. The zero-order chi connectivity index (χ0) is 15.3. The van der Waals surface area contributed by atoms with Crippen molar-refractivity contribution < 1.29 is 19.7 Å². The van der Waals surface area contributed by atoms with E-state index in [0.29, 0.717) is 0 Å². The fourth-order valence-corrected chi connectivity index (χ4v) is 5.00. The first-order valence-electron chi connectivity index (χ1n) is 7.33. The Morgan fingerprint density at radius 2 is 2.05 bits per heavy atom. The highest BCUT2D eigenvalue weighted by atomic mass is 16.5. The third-order valence-corrected chi connectivity index (χ3v) is 6.45. The number of fused-ring (bicyclic) bond motifs is 1. The number of aliphatic hydroxyl groups is 2. The number of ether oxygens (including phenoxy) is 1. The number of aliphatic hydroxyl groups excluding tert-OH is 1. The first-order valence-corrected chi connectivity index (χ1v) is 7.33. The smallest absolute Gasteiger partial charge is 0.315 e. The van der Waals surface area contributed by atoms with Crippen molar-refractivity contribution in [2.24, 2.45) is 22.7 Å². The van der Waals surface area contributed by atoms with Crippen molar-refractivity contribution in [1.29, 1.82) is 0 Å². The molecule has 0 saturated heterocycles. The van der Waals surface area contributed by atoms with E-state index in [1.165, 1.54) is 13.2 Å². The molecular weight excluding hydrogens is 256 g/mol. The Balaban J connectivity index is 2.63. The van der Waals surface area contributed by atoms with Crippen LogP contribution in [0.1, 0.15) is 40.0 Å². The molecule has 0 aromatic rings. The molecule has 0 aromatic carbocycles. The standard InChI is InChI=1S/C16H26O4/c1-6-15(19)9-12(17)16(13(18)20-5)10(2)7-8-14(16,4)11(15)3/h6,10-12,17,19H,1,7-9H2,2-5H3/t10-,11+,12+,14+,15-,16-/m1/s1. The molecule has 2 N–H and O–H groups in total. The number of hydrogen-bond donors (Lipinski definition) is 2. The van der Waals surface area contributed by atoms with Gasteiger partial charge in [0.1, 0.15) is 5.41 Å². The summed E-state index contributed by atoms with van der Waals surface area (Å²) in [5.41, 5.74) is -2.58. The van der Waals surface area contributed by atoms with Crippen LogP contribution in [0.4, 0.5) is 0 Å². The Kier molecular flexibility index (Phi) is 3.54. The van der Waals surface area contributed by atoms with E-state index in [2.05, 4.69) is 6.58 Å². The van der Waals surface area contributed by atoms with Gasteiger partial charge in [-0.2, -0.15) is 0 Å². The summed E-state index contributed by atoms with van der Waals surface area (Å²) < 4.78 is 5.04. The summed E-state index contributed by atoms with van der Waals surface area (Å²) in [6, 6.07) is 0. The first-order chi connectivity index (χ1) is 9.20. The van der Waals surface area contributed by atoms with Gasteiger partial charge < -0.3 is 14.9 Å². The van der Waals surface area contributed by atoms with Crippen LogP contribution in [0.3, 0.4) is 0 Å². The molecule has 2 fully saturated rings. The predicted octanol–water partition coefficient (Wildman–Crippen LogP) is 1.90. The number of carbonyl (C=O) groups is 1. The van der Waals surface area contributed by atoms with Gasteiger partial charge >= 0.3 is 5.97 Å². The summed E-state index contributed by atoms with van der Waals surface area (Å²) >= 11 is 0. The molecule has 0 aromatic heterocycles. The maximum atomic E-state index is 12.6. The average molecular weight is 282 g/mol. The summed E-state index contributed by atoms with van der Waals surface area (Å²) in [6.45, 7) is 9.65. The molecule has 0 unspecified atom stereocenters. The molecule has 4 nitrogen and oxygen atoms in total. The van der Waals surface area contributed by atoms with Crippen LogP contribution in [0.15, 0.2) is 12.7 Å². The van der Waals surface area contributed by atoms with Crippen LogP contribution in [0, 0.1) is 22.7 Å². The highest BCUT2D eigenvalue weighted by Crippen LogP contribution is 2.67. The van der Waals surface area contributed by atoms with Crippen molar-refractivity contribution in [3.05, 3.63) is 12.7 Å². The van der Waals surface area contributed by atoms with Gasteiger partial charge in [0.05, 0.1) is 18.8 Å². The molecule has 0 spiro atoms. The average Bonchev–Trinajstić information content (AvgIpc) is 2.70. The quantitative estimate of drug-likeness (QED) is 0.599. The van der Waals surface area contributed by atoms with Crippen LogP contribution in [0.25, 0.3) is 0 Å². The Morgan fingerprint density at radius 1 is 1.45 bits per heavy atom. The summed E-state index contributed by atoms with van der Waals surface area (Å²) in [5, 5.41) is 21.5. The second-order valence-electron chi connectivity index (χ2n) is 6.85. The second kappa shape index (κ2) is 4.57. The Labute approximate surface area is 120 Å². The molecular formula is C16H26O4. The van der Waals surface area contributed by atoms with Gasteiger partial charge in [-0.3, -0.25) is 4.79 Å². The van der Waals surface area contributed by atoms with Crippen molar-refractivity contribution in [2.45, 2.75) is 51.7 Å². The molecule has 0 amide bonds. The second-order valence-corrected chi connectivity index (χ2v) is 6.85. The lowest BCUT2D eigenvalue weighted by molar-refractivity contribution is -0.217. The molecule has 2 rings (SSSR count). The van der Waals surface area contributed by atoms with Crippen LogP contribution in [-0.2, 0) is 9.53 Å². The Hall–Kier alpha value is -0.870. The molecule has 20 heavy (non-hydrogen) atoms. The minimum atomic E-state index is -1.14. The molecule has 0 bridgehead atoms. The fourth-order valence-electron chi connectivity index (χ4n) is 5.00. The zero-order valence-electron chi connectivity index (χ0n) is 12.8. The van der Waals surface area contributed by atoms with Gasteiger partial charge in [-0.25, -0.2) is 0 Å². The van der Waals surface area contributed by atoms with Crippen molar-refractivity contribution in [1.82, 2.24) is 0 Å². The SMILES string of the molecule is C=C[C@@]1(O)C[C@H](O)[C@@]2(C(=O)OC)[C@H](C)CC[C@@]2(C)[C@@H]1C. The molecule has 2 saturated carbocycles. The lowest BCUT2D eigenvalue weighted by Gasteiger charge is -2.58. The van der Waals surface area contributed by atoms with Gasteiger partial charge in [-0.15, -0.1) is 6.58 Å². The number of methoxy groups -OCH3 is 1. The van der Waals surface area contributed by atoms with Crippen LogP contribution in [0.5, 0.6) is 0 Å². The molecule has 4 heteroatoms. The molecule has 0 aliphatic heterocycles. The van der Waals surface area contributed by atoms with Gasteiger partial charge in [0.25, 0.3) is 0 Å². The highest BCUT2D eigenvalue weighted by Gasteiger charge is 2.72. The van der Waals surface area contributed by atoms with E-state index >= 15 is 0 Å². The normalized spacial score (nSPS) is 51.4. The summed E-state index contributed by atoms with van der Waals surface area (Å²) in [6.07, 6.45) is 2.36. The van der Waals surface area contributed by atoms with Gasteiger partial charge in [0.15, 0.2) is 0 Å². The Bertz CT molecular complexity index is 434. The van der Waals surface area contributed by atoms with E-state index in [-0.39, 0.29) is 24.2 Å². The highest BCUT2D eigenvalue weighted by molar-refractivity contribution is 5.80. The third-order valence-electron chi connectivity index (χ3n) is 6.45. The maximum absolute atomic E-state index is 12.6. The largest absolute Gasteiger partial charge is 0.468 e. The van der Waals surface area contributed by atoms with Gasteiger partial charge in [0.2, 0.25) is 0 Å². The monoisotopic (exact) mass is 282 g/mol. The lowest BCUT2D eigenvalue weighted by Crippen LogP contribution is -2.66. The molecule has 6 atom stereocenters.